The lowest BCUT2D eigenvalue weighted by Crippen LogP contribution is -2.24. The van der Waals surface area contributed by atoms with Crippen LogP contribution in [0.15, 0.2) is 18.2 Å². The Morgan fingerprint density at radius 2 is 2.06 bits per heavy atom. The molecule has 0 radical (unpaired) electrons. The topological polar surface area (TPSA) is 29.1 Å². The molecule has 0 atom stereocenters. The molecule has 4 heteroatoms. The van der Waals surface area contributed by atoms with Gasteiger partial charge < -0.3 is 5.32 Å². The van der Waals surface area contributed by atoms with Crippen LogP contribution in [0.2, 0.25) is 5.02 Å². The third kappa shape index (κ3) is 4.97. The standard InChI is InChI=1S/C13H17Cl2NO/c1-10-5-6-11(12(15)9-10)13(17)16-8-4-2-3-7-14/h5-6,9H,2-4,7-8H2,1H3,(H,16,17). The minimum atomic E-state index is -0.110. The Labute approximate surface area is 112 Å². The maximum absolute atomic E-state index is 11.8. The maximum Gasteiger partial charge on any atom is 0.252 e. The van der Waals surface area contributed by atoms with E-state index in [2.05, 4.69) is 5.32 Å². The van der Waals surface area contributed by atoms with E-state index >= 15 is 0 Å². The second-order valence-electron chi connectivity index (χ2n) is 3.99. The van der Waals surface area contributed by atoms with Gasteiger partial charge in [0.05, 0.1) is 10.6 Å². The van der Waals surface area contributed by atoms with Gasteiger partial charge in [0.1, 0.15) is 0 Å². The molecule has 0 saturated carbocycles. The smallest absolute Gasteiger partial charge is 0.252 e. The molecule has 1 aromatic rings. The van der Waals surface area contributed by atoms with Crippen molar-refractivity contribution in [2.75, 3.05) is 12.4 Å². The zero-order valence-electron chi connectivity index (χ0n) is 9.93. The number of carbonyl (C=O) groups excluding carboxylic acids is 1. The number of nitrogens with one attached hydrogen (secondary N) is 1. The lowest BCUT2D eigenvalue weighted by molar-refractivity contribution is 0.0953. The van der Waals surface area contributed by atoms with Crippen molar-refractivity contribution in [3.63, 3.8) is 0 Å². The highest BCUT2D eigenvalue weighted by atomic mass is 35.5. The van der Waals surface area contributed by atoms with E-state index in [4.69, 9.17) is 23.2 Å². The molecule has 0 unspecified atom stereocenters. The molecule has 17 heavy (non-hydrogen) atoms. The van der Waals surface area contributed by atoms with Gasteiger partial charge >= 0.3 is 0 Å². The van der Waals surface area contributed by atoms with Crippen LogP contribution in [0.5, 0.6) is 0 Å². The number of amides is 1. The zero-order chi connectivity index (χ0) is 12.7. The first-order valence-corrected chi connectivity index (χ1v) is 6.66. The first-order valence-electron chi connectivity index (χ1n) is 5.75. The molecule has 94 valence electrons. The quantitative estimate of drug-likeness (QED) is 0.620. The van der Waals surface area contributed by atoms with Crippen molar-refractivity contribution in [1.82, 2.24) is 5.32 Å². The Hall–Kier alpha value is -0.730. The molecular formula is C13H17Cl2NO. The van der Waals surface area contributed by atoms with Crippen molar-refractivity contribution in [2.45, 2.75) is 26.2 Å². The number of benzene rings is 1. The van der Waals surface area contributed by atoms with E-state index in [-0.39, 0.29) is 5.91 Å². The second-order valence-corrected chi connectivity index (χ2v) is 4.77. The largest absolute Gasteiger partial charge is 0.352 e. The number of unbranched alkanes of at least 4 members (excludes halogenated alkanes) is 2. The summed E-state index contributed by atoms with van der Waals surface area (Å²) in [6, 6.07) is 5.43. The van der Waals surface area contributed by atoms with Crippen LogP contribution in [0.3, 0.4) is 0 Å². The molecule has 1 N–H and O–H groups in total. The number of halogens is 2. The van der Waals surface area contributed by atoms with Crippen LogP contribution >= 0.6 is 23.2 Å². The molecule has 0 aliphatic carbocycles. The van der Waals surface area contributed by atoms with Gasteiger partial charge in [-0.3, -0.25) is 4.79 Å². The van der Waals surface area contributed by atoms with E-state index in [0.717, 1.165) is 24.8 Å². The van der Waals surface area contributed by atoms with Gasteiger partial charge in [0.2, 0.25) is 0 Å². The number of rotatable bonds is 6. The third-order valence-corrected chi connectivity index (χ3v) is 3.05. The summed E-state index contributed by atoms with van der Waals surface area (Å²) in [6.45, 7) is 2.61. The van der Waals surface area contributed by atoms with Crippen LogP contribution < -0.4 is 5.32 Å². The first-order chi connectivity index (χ1) is 8.15. The Bertz CT molecular complexity index is 380. The van der Waals surface area contributed by atoms with Crippen molar-refractivity contribution >= 4 is 29.1 Å². The van der Waals surface area contributed by atoms with E-state index in [0.29, 0.717) is 23.0 Å². The monoisotopic (exact) mass is 273 g/mol. The normalized spacial score (nSPS) is 10.3. The summed E-state index contributed by atoms with van der Waals surface area (Å²) < 4.78 is 0. The molecule has 0 aliphatic heterocycles. The lowest BCUT2D eigenvalue weighted by atomic mass is 10.1. The summed E-state index contributed by atoms with van der Waals surface area (Å²) in [7, 11) is 0. The SMILES string of the molecule is Cc1ccc(C(=O)NCCCCCCl)c(Cl)c1. The van der Waals surface area contributed by atoms with Crippen molar-refractivity contribution in [3.8, 4) is 0 Å². The van der Waals surface area contributed by atoms with E-state index in [1.165, 1.54) is 0 Å². The van der Waals surface area contributed by atoms with Gasteiger partial charge in [-0.2, -0.15) is 0 Å². The minimum absolute atomic E-state index is 0.110. The minimum Gasteiger partial charge on any atom is -0.352 e. The fourth-order valence-electron chi connectivity index (χ4n) is 1.50. The van der Waals surface area contributed by atoms with Crippen LogP contribution in [0.25, 0.3) is 0 Å². The molecule has 0 bridgehead atoms. The summed E-state index contributed by atoms with van der Waals surface area (Å²) in [5.74, 6) is 0.568. The highest BCUT2D eigenvalue weighted by molar-refractivity contribution is 6.33. The number of carbonyl (C=O) groups is 1. The predicted octanol–water partition coefficient (Wildman–Crippen LogP) is 3.79. The van der Waals surface area contributed by atoms with Gasteiger partial charge in [0.25, 0.3) is 5.91 Å². The predicted molar refractivity (Wildman–Crippen MR) is 73.1 cm³/mol. The van der Waals surface area contributed by atoms with E-state index < -0.39 is 0 Å². The van der Waals surface area contributed by atoms with Gasteiger partial charge in [-0.15, -0.1) is 11.6 Å². The molecule has 1 aromatic carbocycles. The van der Waals surface area contributed by atoms with Crippen LogP contribution in [0.4, 0.5) is 0 Å². The first kappa shape index (κ1) is 14.3. The Morgan fingerprint density at radius 1 is 1.29 bits per heavy atom. The highest BCUT2D eigenvalue weighted by Crippen LogP contribution is 2.17. The second kappa shape index (κ2) is 7.57. The fraction of sp³-hybridized carbons (Fsp3) is 0.462. The fourth-order valence-corrected chi connectivity index (χ4v) is 2.01. The summed E-state index contributed by atoms with van der Waals surface area (Å²) in [6.07, 6.45) is 2.97. The van der Waals surface area contributed by atoms with Gasteiger partial charge in [-0.05, 0) is 37.5 Å². The van der Waals surface area contributed by atoms with E-state index in [1.54, 1.807) is 12.1 Å². The average molecular weight is 274 g/mol. The molecular weight excluding hydrogens is 257 g/mol. The molecule has 1 amide bonds. The molecule has 0 aliphatic rings. The third-order valence-electron chi connectivity index (χ3n) is 2.47. The maximum atomic E-state index is 11.8. The van der Waals surface area contributed by atoms with E-state index in [1.807, 2.05) is 13.0 Å². The van der Waals surface area contributed by atoms with E-state index in [9.17, 15) is 4.79 Å². The van der Waals surface area contributed by atoms with Crippen molar-refractivity contribution in [2.24, 2.45) is 0 Å². The average Bonchev–Trinajstić information content (AvgIpc) is 2.28. The number of alkyl halides is 1. The molecule has 0 saturated heterocycles. The summed E-state index contributed by atoms with van der Waals surface area (Å²) in [4.78, 5) is 11.8. The lowest BCUT2D eigenvalue weighted by Gasteiger charge is -2.07. The highest BCUT2D eigenvalue weighted by Gasteiger charge is 2.09. The molecule has 1 rings (SSSR count). The Balaban J connectivity index is 2.42. The van der Waals surface area contributed by atoms with Gasteiger partial charge in [0.15, 0.2) is 0 Å². The number of hydrogen-bond donors (Lipinski definition) is 1. The van der Waals surface area contributed by atoms with Gasteiger partial charge in [0, 0.05) is 12.4 Å². The number of hydrogen-bond acceptors (Lipinski definition) is 1. The Morgan fingerprint density at radius 3 is 2.71 bits per heavy atom. The van der Waals surface area contributed by atoms with Crippen LogP contribution in [0, 0.1) is 6.92 Å². The zero-order valence-corrected chi connectivity index (χ0v) is 11.4. The molecule has 2 nitrogen and oxygen atoms in total. The molecule has 0 heterocycles. The number of aryl methyl sites for hydroxylation is 1. The molecule has 0 fully saturated rings. The van der Waals surface area contributed by atoms with Crippen LogP contribution in [-0.2, 0) is 0 Å². The summed E-state index contributed by atoms with van der Waals surface area (Å²) >= 11 is 11.6. The van der Waals surface area contributed by atoms with Crippen molar-refractivity contribution in [1.29, 1.82) is 0 Å². The van der Waals surface area contributed by atoms with Crippen molar-refractivity contribution in [3.05, 3.63) is 34.3 Å². The van der Waals surface area contributed by atoms with Gasteiger partial charge in [-0.1, -0.05) is 24.1 Å². The molecule has 0 aromatic heterocycles. The summed E-state index contributed by atoms with van der Waals surface area (Å²) in [5, 5.41) is 3.35. The molecule has 0 spiro atoms. The van der Waals surface area contributed by atoms with Gasteiger partial charge in [-0.25, -0.2) is 0 Å². The van der Waals surface area contributed by atoms with Crippen molar-refractivity contribution < 1.29 is 4.79 Å². The van der Waals surface area contributed by atoms with Crippen LogP contribution in [-0.4, -0.2) is 18.3 Å². The summed E-state index contributed by atoms with van der Waals surface area (Å²) in [5.41, 5.74) is 1.59. The van der Waals surface area contributed by atoms with Crippen LogP contribution in [0.1, 0.15) is 35.2 Å². The Kier molecular flexibility index (Phi) is 6.38.